The van der Waals surface area contributed by atoms with E-state index in [4.69, 9.17) is 4.42 Å². The molecule has 2 aromatic heterocycles. The van der Waals surface area contributed by atoms with Gasteiger partial charge < -0.3 is 9.73 Å². The zero-order valence-corrected chi connectivity index (χ0v) is 13.1. The molecule has 0 fully saturated rings. The summed E-state index contributed by atoms with van der Waals surface area (Å²) in [7, 11) is -3.47. The third kappa shape index (κ3) is 3.92. The number of nitrogens with one attached hydrogen (secondary N) is 2. The van der Waals surface area contributed by atoms with Crippen LogP contribution in [0.3, 0.4) is 0 Å². The third-order valence-corrected chi connectivity index (χ3v) is 5.66. The molecular formula is C13H18N2O3S2. The average Bonchev–Trinajstić information content (AvgIpc) is 3.03. The van der Waals surface area contributed by atoms with Gasteiger partial charge in [0.1, 0.15) is 15.7 Å². The summed E-state index contributed by atoms with van der Waals surface area (Å²) in [6, 6.07) is 7.04. The van der Waals surface area contributed by atoms with Crippen molar-refractivity contribution in [2.45, 2.75) is 31.1 Å². The molecule has 0 atom stereocenters. The van der Waals surface area contributed by atoms with Crippen LogP contribution in [0.5, 0.6) is 0 Å². The van der Waals surface area contributed by atoms with Crippen molar-refractivity contribution in [3.63, 3.8) is 0 Å². The summed E-state index contributed by atoms with van der Waals surface area (Å²) >= 11 is 1.28. The molecule has 5 nitrogen and oxygen atoms in total. The fourth-order valence-corrected chi connectivity index (χ4v) is 4.03. The van der Waals surface area contributed by atoms with Crippen LogP contribution in [-0.4, -0.2) is 15.0 Å². The van der Waals surface area contributed by atoms with Crippen molar-refractivity contribution in [1.29, 1.82) is 0 Å². The molecule has 7 heteroatoms. The maximum absolute atomic E-state index is 12.1. The van der Waals surface area contributed by atoms with Crippen LogP contribution in [0.2, 0.25) is 0 Å². The van der Waals surface area contributed by atoms with Crippen molar-refractivity contribution in [2.75, 3.05) is 6.54 Å². The molecule has 20 heavy (non-hydrogen) atoms. The molecule has 0 spiro atoms. The quantitative estimate of drug-likeness (QED) is 0.822. The van der Waals surface area contributed by atoms with E-state index in [1.807, 2.05) is 26.0 Å². The first-order valence-corrected chi connectivity index (χ1v) is 8.65. The van der Waals surface area contributed by atoms with E-state index in [-0.39, 0.29) is 6.54 Å². The smallest absolute Gasteiger partial charge is 0.250 e. The summed E-state index contributed by atoms with van der Waals surface area (Å²) in [5.41, 5.74) is 0. The van der Waals surface area contributed by atoms with Gasteiger partial charge in [-0.05, 0) is 37.7 Å². The first-order valence-electron chi connectivity index (χ1n) is 6.35. The van der Waals surface area contributed by atoms with Gasteiger partial charge in [-0.3, -0.25) is 0 Å². The summed E-state index contributed by atoms with van der Waals surface area (Å²) in [5.74, 6) is 1.37. The van der Waals surface area contributed by atoms with Crippen LogP contribution in [0.1, 0.15) is 23.3 Å². The number of thiophene rings is 1. The zero-order chi connectivity index (χ0) is 14.6. The topological polar surface area (TPSA) is 71.3 Å². The lowest BCUT2D eigenvalue weighted by Gasteiger charge is -2.02. The van der Waals surface area contributed by atoms with Crippen molar-refractivity contribution >= 4 is 21.4 Å². The minimum Gasteiger partial charge on any atom is -0.465 e. The highest BCUT2D eigenvalue weighted by molar-refractivity contribution is 7.91. The number of sulfonamides is 1. The molecule has 0 bridgehead atoms. The maximum atomic E-state index is 12.1. The molecule has 0 saturated carbocycles. The molecular weight excluding hydrogens is 296 g/mol. The van der Waals surface area contributed by atoms with Gasteiger partial charge in [-0.25, -0.2) is 13.1 Å². The van der Waals surface area contributed by atoms with Gasteiger partial charge in [0.15, 0.2) is 0 Å². The largest absolute Gasteiger partial charge is 0.465 e. The molecule has 0 saturated heterocycles. The number of aryl methyl sites for hydroxylation is 1. The molecule has 0 aliphatic rings. The number of hydrogen-bond acceptors (Lipinski definition) is 5. The minimum absolute atomic E-state index is 0.163. The van der Waals surface area contributed by atoms with Crippen molar-refractivity contribution in [1.82, 2.24) is 10.0 Å². The second-order valence-electron chi connectivity index (χ2n) is 4.34. The second kappa shape index (κ2) is 6.53. The lowest BCUT2D eigenvalue weighted by Crippen LogP contribution is -2.22. The van der Waals surface area contributed by atoms with E-state index in [0.717, 1.165) is 17.2 Å². The van der Waals surface area contributed by atoms with Crippen molar-refractivity contribution < 1.29 is 12.8 Å². The average molecular weight is 314 g/mol. The van der Waals surface area contributed by atoms with E-state index in [1.54, 1.807) is 12.1 Å². The highest BCUT2D eigenvalue weighted by atomic mass is 32.2. The van der Waals surface area contributed by atoms with Crippen LogP contribution < -0.4 is 10.0 Å². The highest BCUT2D eigenvalue weighted by Crippen LogP contribution is 2.21. The van der Waals surface area contributed by atoms with Gasteiger partial charge >= 0.3 is 0 Å². The molecule has 2 aromatic rings. The highest BCUT2D eigenvalue weighted by Gasteiger charge is 2.17. The molecule has 0 unspecified atom stereocenters. The van der Waals surface area contributed by atoms with Gasteiger partial charge in [0, 0.05) is 11.4 Å². The van der Waals surface area contributed by atoms with Crippen LogP contribution in [0, 0.1) is 6.92 Å². The Morgan fingerprint density at radius 3 is 2.65 bits per heavy atom. The van der Waals surface area contributed by atoms with Gasteiger partial charge in [0.05, 0.1) is 6.54 Å². The van der Waals surface area contributed by atoms with Gasteiger partial charge in [-0.1, -0.05) is 6.92 Å². The van der Waals surface area contributed by atoms with Crippen LogP contribution in [-0.2, 0) is 23.1 Å². The molecule has 0 aliphatic heterocycles. The van der Waals surface area contributed by atoms with E-state index < -0.39 is 10.0 Å². The Bertz CT molecular complexity index is 659. The van der Waals surface area contributed by atoms with Gasteiger partial charge in [-0.15, -0.1) is 11.3 Å². The van der Waals surface area contributed by atoms with Gasteiger partial charge in [0.25, 0.3) is 0 Å². The predicted octanol–water partition coefficient (Wildman–Crippen LogP) is 2.24. The van der Waals surface area contributed by atoms with E-state index in [1.165, 1.54) is 11.3 Å². The molecule has 0 aliphatic carbocycles. The first kappa shape index (κ1) is 15.2. The lowest BCUT2D eigenvalue weighted by atomic mass is 10.4. The van der Waals surface area contributed by atoms with Crippen molar-refractivity contribution in [3.8, 4) is 0 Å². The van der Waals surface area contributed by atoms with Gasteiger partial charge in [-0.2, -0.15) is 0 Å². The Labute approximate surface area is 123 Å². The molecule has 0 aromatic carbocycles. The lowest BCUT2D eigenvalue weighted by molar-refractivity contribution is 0.475. The van der Waals surface area contributed by atoms with Crippen LogP contribution in [0.25, 0.3) is 0 Å². The van der Waals surface area contributed by atoms with Crippen molar-refractivity contribution in [3.05, 3.63) is 40.7 Å². The summed E-state index contributed by atoms with van der Waals surface area (Å²) in [4.78, 5) is 1.00. The number of hydrogen-bond donors (Lipinski definition) is 2. The summed E-state index contributed by atoms with van der Waals surface area (Å²) in [5, 5.41) is 3.17. The van der Waals surface area contributed by atoms with E-state index in [0.29, 0.717) is 16.5 Å². The summed E-state index contributed by atoms with van der Waals surface area (Å²) in [6.07, 6.45) is 0. The Hall–Kier alpha value is -1.15. The number of rotatable bonds is 7. The molecule has 0 radical (unpaired) electrons. The van der Waals surface area contributed by atoms with Crippen LogP contribution in [0.4, 0.5) is 0 Å². The SMILES string of the molecule is CCNCc1ccc(S(=O)(=O)NCc2ccc(C)o2)s1. The van der Waals surface area contributed by atoms with E-state index in [2.05, 4.69) is 10.0 Å². The van der Waals surface area contributed by atoms with Crippen LogP contribution >= 0.6 is 11.3 Å². The molecule has 0 amide bonds. The normalized spacial score (nSPS) is 11.9. The van der Waals surface area contributed by atoms with Gasteiger partial charge in [0.2, 0.25) is 10.0 Å². The Kier molecular flexibility index (Phi) is 4.98. The summed E-state index contributed by atoms with van der Waals surface area (Å²) < 4.78 is 32.5. The third-order valence-electron chi connectivity index (χ3n) is 2.68. The minimum atomic E-state index is -3.47. The second-order valence-corrected chi connectivity index (χ2v) is 7.50. The zero-order valence-electron chi connectivity index (χ0n) is 11.5. The van der Waals surface area contributed by atoms with Crippen molar-refractivity contribution in [2.24, 2.45) is 0 Å². The Balaban J connectivity index is 2.00. The fourth-order valence-electron chi connectivity index (χ4n) is 1.66. The first-order chi connectivity index (χ1) is 9.51. The summed E-state index contributed by atoms with van der Waals surface area (Å²) in [6.45, 7) is 5.54. The maximum Gasteiger partial charge on any atom is 0.250 e. The Morgan fingerprint density at radius 2 is 2.00 bits per heavy atom. The Morgan fingerprint density at radius 1 is 1.20 bits per heavy atom. The molecule has 2 N–H and O–H groups in total. The fraction of sp³-hybridized carbons (Fsp3) is 0.385. The predicted molar refractivity (Wildman–Crippen MR) is 79.2 cm³/mol. The monoisotopic (exact) mass is 314 g/mol. The molecule has 2 heterocycles. The standard InChI is InChI=1S/C13H18N2O3S2/c1-3-14-9-12-6-7-13(19-12)20(16,17)15-8-11-5-4-10(2)18-11/h4-7,14-15H,3,8-9H2,1-2H3. The number of furan rings is 1. The van der Waals surface area contributed by atoms with E-state index >= 15 is 0 Å². The molecule has 110 valence electrons. The van der Waals surface area contributed by atoms with E-state index in [9.17, 15) is 8.42 Å². The molecule has 2 rings (SSSR count). The van der Waals surface area contributed by atoms with Crippen LogP contribution in [0.15, 0.2) is 32.9 Å².